The van der Waals surface area contributed by atoms with E-state index in [2.05, 4.69) is 12.6 Å². The van der Waals surface area contributed by atoms with Gasteiger partial charge in [0.05, 0.1) is 6.04 Å². The van der Waals surface area contributed by atoms with Gasteiger partial charge in [-0.25, -0.2) is 0 Å². The van der Waals surface area contributed by atoms with Crippen LogP contribution in [0, 0.1) is 0 Å². The zero-order valence-electron chi connectivity index (χ0n) is 9.56. The van der Waals surface area contributed by atoms with Gasteiger partial charge < -0.3 is 16.6 Å². The summed E-state index contributed by atoms with van der Waals surface area (Å²) in [7, 11) is 0. The number of halogens is 1. The normalized spacial score (nSPS) is 16.9. The quantitative estimate of drug-likeness (QED) is 0.534. The molecule has 0 fully saturated rings. The molecule has 0 aliphatic heterocycles. The second-order valence-corrected chi connectivity index (χ2v) is 5.65. The smallest absolute Gasteiger partial charge is 0.323 e. The summed E-state index contributed by atoms with van der Waals surface area (Å²) >= 11 is 4.16. The van der Waals surface area contributed by atoms with Crippen molar-refractivity contribution in [3.63, 3.8) is 0 Å². The molecule has 0 aliphatic rings. The van der Waals surface area contributed by atoms with E-state index in [1.807, 2.05) is 0 Å². The molecule has 0 bridgehead atoms. The van der Waals surface area contributed by atoms with E-state index in [0.717, 1.165) is 0 Å². The molecule has 0 radical (unpaired) electrons. The Kier molecular flexibility index (Phi) is 6.62. The lowest BCUT2D eigenvalue weighted by Crippen LogP contribution is -2.52. The highest BCUT2D eigenvalue weighted by atomic mass is 35.5. The average Bonchev–Trinajstić information content (AvgIpc) is 2.00. The number of hydrogen-bond donors (Lipinski definition) is 4. The standard InChI is InChI=1S/C9H18N2O3S.ClH/c1-8(2,15)6(10)5(12)4-9(3,11)7(13)14;/h6,15H,4,10-11H2,1-3H3,(H,13,14);1H/t6-,9?;/m0./s1. The maximum Gasteiger partial charge on any atom is 0.323 e. The van der Waals surface area contributed by atoms with Crippen LogP contribution in [0.2, 0.25) is 0 Å². The molecule has 0 aliphatic carbocycles. The highest BCUT2D eigenvalue weighted by molar-refractivity contribution is 7.81. The second kappa shape index (κ2) is 5.86. The maximum atomic E-state index is 11.6. The Labute approximate surface area is 107 Å². The topological polar surface area (TPSA) is 106 Å². The fourth-order valence-electron chi connectivity index (χ4n) is 0.941. The number of rotatable bonds is 5. The molecule has 96 valence electrons. The Hall–Kier alpha value is -0.300. The minimum Gasteiger partial charge on any atom is -0.480 e. The van der Waals surface area contributed by atoms with Crippen molar-refractivity contribution in [3.8, 4) is 0 Å². The van der Waals surface area contributed by atoms with E-state index < -0.39 is 28.1 Å². The summed E-state index contributed by atoms with van der Waals surface area (Å²) in [4.78, 5) is 22.3. The van der Waals surface area contributed by atoms with Crippen LogP contribution in [0.15, 0.2) is 0 Å². The summed E-state index contributed by atoms with van der Waals surface area (Å²) in [6.45, 7) is 4.66. The van der Waals surface area contributed by atoms with E-state index >= 15 is 0 Å². The predicted molar refractivity (Wildman–Crippen MR) is 68.1 cm³/mol. The largest absolute Gasteiger partial charge is 0.480 e. The van der Waals surface area contributed by atoms with Crippen LogP contribution in [0.5, 0.6) is 0 Å². The van der Waals surface area contributed by atoms with Crippen molar-refractivity contribution < 1.29 is 14.7 Å². The number of hydrogen-bond acceptors (Lipinski definition) is 5. The first kappa shape index (κ1) is 18.1. The first-order chi connectivity index (χ1) is 6.48. The lowest BCUT2D eigenvalue weighted by molar-refractivity contribution is -0.144. The minimum absolute atomic E-state index is 0. The summed E-state index contributed by atoms with van der Waals surface area (Å²) in [6.07, 6.45) is -0.298. The Balaban J connectivity index is 0. The van der Waals surface area contributed by atoms with Crippen molar-refractivity contribution in [2.75, 3.05) is 0 Å². The lowest BCUT2D eigenvalue weighted by Gasteiger charge is -2.27. The molecule has 0 saturated heterocycles. The van der Waals surface area contributed by atoms with Gasteiger partial charge in [-0.2, -0.15) is 12.6 Å². The third kappa shape index (κ3) is 5.16. The molecule has 0 aromatic carbocycles. The van der Waals surface area contributed by atoms with E-state index in [-0.39, 0.29) is 18.8 Å². The fraction of sp³-hybridized carbons (Fsp3) is 0.778. The van der Waals surface area contributed by atoms with Crippen molar-refractivity contribution in [2.45, 2.75) is 43.5 Å². The van der Waals surface area contributed by atoms with Gasteiger partial charge in [-0.05, 0) is 20.8 Å². The van der Waals surface area contributed by atoms with E-state index in [0.29, 0.717) is 0 Å². The number of carbonyl (C=O) groups is 2. The van der Waals surface area contributed by atoms with Crippen molar-refractivity contribution in [1.29, 1.82) is 0 Å². The van der Waals surface area contributed by atoms with Gasteiger partial charge in [0.2, 0.25) is 0 Å². The number of carboxylic acid groups (broad SMARTS) is 1. The SMILES string of the molecule is CC(N)(CC(=O)[C@H](N)C(C)(C)S)C(=O)O.Cl. The van der Waals surface area contributed by atoms with E-state index in [1.54, 1.807) is 13.8 Å². The predicted octanol–water partition coefficient (Wildman–Crippen LogP) is 0.205. The van der Waals surface area contributed by atoms with Gasteiger partial charge in [0.1, 0.15) is 5.54 Å². The molecule has 0 rings (SSSR count). The van der Waals surface area contributed by atoms with Crippen molar-refractivity contribution in [1.82, 2.24) is 0 Å². The molecular weight excluding hydrogens is 252 g/mol. The molecule has 5 nitrogen and oxygen atoms in total. The summed E-state index contributed by atoms with van der Waals surface area (Å²) in [5.74, 6) is -1.62. The van der Waals surface area contributed by atoms with Gasteiger partial charge in [0.25, 0.3) is 0 Å². The Morgan fingerprint density at radius 1 is 1.38 bits per heavy atom. The fourth-order valence-corrected chi connectivity index (χ4v) is 1.09. The van der Waals surface area contributed by atoms with Gasteiger partial charge in [-0.3, -0.25) is 9.59 Å². The highest BCUT2D eigenvalue weighted by Gasteiger charge is 2.36. The molecule has 0 spiro atoms. The van der Waals surface area contributed by atoms with Crippen molar-refractivity contribution in [2.24, 2.45) is 11.5 Å². The summed E-state index contributed by atoms with van der Waals surface area (Å²) in [6, 6.07) is -0.831. The van der Waals surface area contributed by atoms with Crippen LogP contribution in [-0.2, 0) is 9.59 Å². The van der Waals surface area contributed by atoms with Gasteiger partial charge in [-0.1, -0.05) is 0 Å². The molecular formula is C9H19ClN2O3S. The first-order valence-corrected chi connectivity index (χ1v) is 4.96. The lowest BCUT2D eigenvalue weighted by atomic mass is 9.89. The van der Waals surface area contributed by atoms with E-state index in [9.17, 15) is 9.59 Å². The second-order valence-electron chi connectivity index (χ2n) is 4.50. The highest BCUT2D eigenvalue weighted by Crippen LogP contribution is 2.19. The third-order valence-corrected chi connectivity index (χ3v) is 2.42. The molecule has 5 N–H and O–H groups in total. The summed E-state index contributed by atoms with van der Waals surface area (Å²) in [5.41, 5.74) is 9.49. The Bertz CT molecular complexity index is 276. The van der Waals surface area contributed by atoms with Crippen LogP contribution in [0.3, 0.4) is 0 Å². The van der Waals surface area contributed by atoms with Crippen LogP contribution < -0.4 is 11.5 Å². The number of Topliss-reactive ketones (excluding diaryl/α,β-unsaturated/α-hetero) is 1. The molecule has 16 heavy (non-hydrogen) atoms. The van der Waals surface area contributed by atoms with E-state index in [4.69, 9.17) is 16.6 Å². The Morgan fingerprint density at radius 2 is 1.75 bits per heavy atom. The number of thiol groups is 1. The van der Waals surface area contributed by atoms with Crippen LogP contribution in [0.25, 0.3) is 0 Å². The maximum absolute atomic E-state index is 11.6. The molecule has 0 aromatic heterocycles. The number of carbonyl (C=O) groups excluding carboxylic acids is 1. The van der Waals surface area contributed by atoms with Gasteiger partial charge in [0, 0.05) is 11.2 Å². The molecule has 1 unspecified atom stereocenters. The molecule has 7 heteroatoms. The van der Waals surface area contributed by atoms with Gasteiger partial charge in [0.15, 0.2) is 5.78 Å². The molecule has 0 aromatic rings. The zero-order chi connectivity index (χ0) is 12.4. The summed E-state index contributed by atoms with van der Waals surface area (Å²) in [5, 5.41) is 8.74. The number of ketones is 1. The van der Waals surface area contributed by atoms with Crippen LogP contribution in [-0.4, -0.2) is 33.2 Å². The molecule has 0 heterocycles. The minimum atomic E-state index is -1.58. The van der Waals surface area contributed by atoms with Crippen LogP contribution in [0.4, 0.5) is 0 Å². The Morgan fingerprint density at radius 3 is 2.00 bits per heavy atom. The van der Waals surface area contributed by atoms with Crippen LogP contribution >= 0.6 is 25.0 Å². The number of aliphatic carboxylic acids is 1. The molecule has 2 atom stereocenters. The third-order valence-electron chi connectivity index (χ3n) is 2.14. The van der Waals surface area contributed by atoms with Gasteiger partial charge in [-0.15, -0.1) is 12.4 Å². The van der Waals surface area contributed by atoms with Gasteiger partial charge >= 0.3 is 5.97 Å². The zero-order valence-corrected chi connectivity index (χ0v) is 11.3. The average molecular weight is 271 g/mol. The molecule has 0 amide bonds. The molecule has 0 saturated carbocycles. The first-order valence-electron chi connectivity index (χ1n) is 4.51. The number of carboxylic acids is 1. The summed E-state index contributed by atoms with van der Waals surface area (Å²) < 4.78 is -0.689. The number of nitrogens with two attached hydrogens (primary N) is 2. The monoisotopic (exact) mass is 270 g/mol. The van der Waals surface area contributed by atoms with Crippen LogP contribution in [0.1, 0.15) is 27.2 Å². The van der Waals surface area contributed by atoms with E-state index in [1.165, 1.54) is 6.92 Å². The van der Waals surface area contributed by atoms with Crippen molar-refractivity contribution >= 4 is 36.8 Å². The van der Waals surface area contributed by atoms with Crippen molar-refractivity contribution in [3.05, 3.63) is 0 Å².